The fraction of sp³-hybridized carbons (Fsp3) is 0.636. The number of hydrogen-bond donors (Lipinski definition) is 2. The maximum Gasteiger partial charge on any atom is 0.216 e. The van der Waals surface area contributed by atoms with Gasteiger partial charge in [0.15, 0.2) is 0 Å². The van der Waals surface area contributed by atoms with Crippen LogP contribution < -0.4 is 10.0 Å². The Balaban J connectivity index is 1.94. The second-order valence-electron chi connectivity index (χ2n) is 4.48. The maximum absolute atomic E-state index is 12.0. The van der Waals surface area contributed by atoms with Gasteiger partial charge in [-0.3, -0.25) is 9.97 Å². The summed E-state index contributed by atoms with van der Waals surface area (Å²) in [5.74, 6) is 0. The van der Waals surface area contributed by atoms with Crippen molar-refractivity contribution in [1.29, 1.82) is 0 Å². The molecule has 1 aliphatic rings. The van der Waals surface area contributed by atoms with E-state index in [9.17, 15) is 8.42 Å². The average Bonchev–Trinajstić information content (AvgIpc) is 2.39. The molecule has 1 atom stereocenters. The molecular weight excluding hydrogens is 252 g/mol. The summed E-state index contributed by atoms with van der Waals surface area (Å²) in [4.78, 5) is 8.20. The second-order valence-corrected chi connectivity index (χ2v) is 6.53. The number of aromatic nitrogens is 2. The summed E-state index contributed by atoms with van der Waals surface area (Å²) < 4.78 is 26.6. The summed E-state index contributed by atoms with van der Waals surface area (Å²) in [6.45, 7) is 3.46. The van der Waals surface area contributed by atoms with Gasteiger partial charge in [-0.25, -0.2) is 13.1 Å². The molecule has 1 aromatic heterocycles. The van der Waals surface area contributed by atoms with Crippen molar-refractivity contribution in [2.24, 2.45) is 0 Å². The molecule has 1 aliphatic heterocycles. The molecule has 6 nitrogen and oxygen atoms in total. The van der Waals surface area contributed by atoms with Crippen LogP contribution in [0.4, 0.5) is 0 Å². The summed E-state index contributed by atoms with van der Waals surface area (Å²) in [5.41, 5.74) is 1.45. The van der Waals surface area contributed by atoms with E-state index in [1.165, 1.54) is 0 Å². The third-order valence-electron chi connectivity index (χ3n) is 2.98. The number of sulfonamides is 1. The summed E-state index contributed by atoms with van der Waals surface area (Å²) in [6, 6.07) is 0. The molecule has 0 amide bonds. The fourth-order valence-electron chi connectivity index (χ4n) is 1.89. The van der Waals surface area contributed by atoms with Crippen LogP contribution in [0.3, 0.4) is 0 Å². The molecule has 2 heterocycles. The molecule has 2 rings (SSSR count). The minimum absolute atomic E-state index is 0.201. The highest BCUT2D eigenvalue weighted by Crippen LogP contribution is 2.10. The molecule has 7 heteroatoms. The van der Waals surface area contributed by atoms with Crippen LogP contribution in [0.25, 0.3) is 0 Å². The van der Waals surface area contributed by atoms with Gasteiger partial charge in [-0.15, -0.1) is 0 Å². The molecule has 0 aromatic carbocycles. The Bertz CT molecular complexity index is 480. The average molecular weight is 270 g/mol. The Morgan fingerprint density at radius 2 is 2.28 bits per heavy atom. The van der Waals surface area contributed by atoms with Gasteiger partial charge in [-0.2, -0.15) is 0 Å². The van der Waals surface area contributed by atoms with Gasteiger partial charge in [-0.1, -0.05) is 0 Å². The second kappa shape index (κ2) is 5.73. The molecule has 1 aromatic rings. The van der Waals surface area contributed by atoms with Crippen molar-refractivity contribution in [2.45, 2.75) is 31.6 Å². The van der Waals surface area contributed by atoms with Crippen molar-refractivity contribution in [1.82, 2.24) is 20.0 Å². The number of piperidine rings is 1. The Morgan fingerprint density at radius 3 is 2.89 bits per heavy atom. The molecule has 0 spiro atoms. The highest BCUT2D eigenvalue weighted by molar-refractivity contribution is 7.90. The monoisotopic (exact) mass is 270 g/mol. The van der Waals surface area contributed by atoms with Crippen LogP contribution in [0.1, 0.15) is 24.2 Å². The van der Waals surface area contributed by atoms with Crippen LogP contribution in [-0.4, -0.2) is 36.7 Å². The SMILES string of the molecule is Cc1cnc(CNS(=O)(=O)C2CCCNC2)cn1. The van der Waals surface area contributed by atoms with Crippen LogP contribution >= 0.6 is 0 Å². The topological polar surface area (TPSA) is 84.0 Å². The predicted octanol–water partition coefficient (Wildman–Crippen LogP) is -0.0436. The molecule has 2 N–H and O–H groups in total. The zero-order chi connectivity index (χ0) is 13.0. The van der Waals surface area contributed by atoms with Crippen LogP contribution in [0.2, 0.25) is 0 Å². The van der Waals surface area contributed by atoms with Crippen molar-refractivity contribution < 1.29 is 8.42 Å². The highest BCUT2D eigenvalue weighted by Gasteiger charge is 2.26. The lowest BCUT2D eigenvalue weighted by molar-refractivity contribution is 0.489. The van der Waals surface area contributed by atoms with E-state index in [0.717, 1.165) is 18.7 Å². The van der Waals surface area contributed by atoms with Gasteiger partial charge in [0.25, 0.3) is 0 Å². The molecule has 0 saturated carbocycles. The predicted molar refractivity (Wildman–Crippen MR) is 68.4 cm³/mol. The Labute approximate surface area is 107 Å². The third-order valence-corrected chi connectivity index (χ3v) is 4.81. The first-order chi connectivity index (χ1) is 8.58. The van der Waals surface area contributed by atoms with Crippen molar-refractivity contribution >= 4 is 10.0 Å². The lowest BCUT2D eigenvalue weighted by atomic mass is 10.2. The summed E-state index contributed by atoms with van der Waals surface area (Å²) in [7, 11) is -3.27. The fourth-order valence-corrected chi connectivity index (χ4v) is 3.29. The largest absolute Gasteiger partial charge is 0.315 e. The first-order valence-corrected chi connectivity index (χ1v) is 7.59. The van der Waals surface area contributed by atoms with Crippen LogP contribution in [0, 0.1) is 6.92 Å². The van der Waals surface area contributed by atoms with E-state index in [1.54, 1.807) is 12.4 Å². The van der Waals surface area contributed by atoms with Crippen molar-refractivity contribution in [3.8, 4) is 0 Å². The van der Waals surface area contributed by atoms with E-state index < -0.39 is 10.0 Å². The smallest absolute Gasteiger partial charge is 0.216 e. The van der Waals surface area contributed by atoms with Gasteiger partial charge >= 0.3 is 0 Å². The van der Waals surface area contributed by atoms with E-state index >= 15 is 0 Å². The highest BCUT2D eigenvalue weighted by atomic mass is 32.2. The van der Waals surface area contributed by atoms with Gasteiger partial charge < -0.3 is 5.32 Å². The summed E-state index contributed by atoms with van der Waals surface area (Å²) >= 11 is 0. The third kappa shape index (κ3) is 3.47. The first kappa shape index (κ1) is 13.4. The molecule has 100 valence electrons. The van der Waals surface area contributed by atoms with Gasteiger partial charge in [0.05, 0.1) is 29.4 Å². The van der Waals surface area contributed by atoms with E-state index in [1.807, 2.05) is 6.92 Å². The lowest BCUT2D eigenvalue weighted by Gasteiger charge is -2.22. The van der Waals surface area contributed by atoms with Crippen LogP contribution in [0.15, 0.2) is 12.4 Å². The Kier molecular flexibility index (Phi) is 4.26. The number of rotatable bonds is 4. The standard InChI is InChI=1S/C11H18N4O2S/c1-9-5-14-10(6-13-9)7-15-18(16,17)11-3-2-4-12-8-11/h5-6,11-12,15H,2-4,7-8H2,1H3. The minimum Gasteiger partial charge on any atom is -0.315 e. The minimum atomic E-state index is -3.27. The molecule has 1 unspecified atom stereocenters. The molecule has 1 saturated heterocycles. The molecule has 0 aliphatic carbocycles. The van der Waals surface area contributed by atoms with Crippen LogP contribution in [-0.2, 0) is 16.6 Å². The van der Waals surface area contributed by atoms with E-state index in [4.69, 9.17) is 0 Å². The lowest BCUT2D eigenvalue weighted by Crippen LogP contribution is -2.44. The van der Waals surface area contributed by atoms with E-state index in [2.05, 4.69) is 20.0 Å². The van der Waals surface area contributed by atoms with Crippen molar-refractivity contribution in [2.75, 3.05) is 13.1 Å². The molecular formula is C11H18N4O2S. The molecule has 0 bridgehead atoms. The van der Waals surface area contributed by atoms with Gasteiger partial charge in [-0.05, 0) is 26.3 Å². The Hall–Kier alpha value is -1.05. The van der Waals surface area contributed by atoms with E-state index in [0.29, 0.717) is 18.7 Å². The number of nitrogens with one attached hydrogen (secondary N) is 2. The Morgan fingerprint density at radius 1 is 1.44 bits per heavy atom. The zero-order valence-electron chi connectivity index (χ0n) is 10.4. The van der Waals surface area contributed by atoms with E-state index in [-0.39, 0.29) is 11.8 Å². The van der Waals surface area contributed by atoms with Crippen molar-refractivity contribution in [3.05, 3.63) is 23.8 Å². The number of hydrogen-bond acceptors (Lipinski definition) is 5. The number of nitrogens with zero attached hydrogens (tertiary/aromatic N) is 2. The molecule has 1 fully saturated rings. The van der Waals surface area contributed by atoms with Gasteiger partial charge in [0.2, 0.25) is 10.0 Å². The summed E-state index contributed by atoms with van der Waals surface area (Å²) in [6.07, 6.45) is 4.83. The first-order valence-electron chi connectivity index (χ1n) is 6.04. The molecule has 18 heavy (non-hydrogen) atoms. The summed E-state index contributed by atoms with van der Waals surface area (Å²) in [5, 5.41) is 2.76. The maximum atomic E-state index is 12.0. The quantitative estimate of drug-likeness (QED) is 0.802. The molecule has 0 radical (unpaired) electrons. The van der Waals surface area contributed by atoms with Gasteiger partial charge in [0, 0.05) is 12.7 Å². The van der Waals surface area contributed by atoms with Crippen LogP contribution in [0.5, 0.6) is 0 Å². The zero-order valence-corrected chi connectivity index (χ0v) is 11.2. The van der Waals surface area contributed by atoms with Gasteiger partial charge in [0.1, 0.15) is 0 Å². The van der Waals surface area contributed by atoms with Crippen molar-refractivity contribution in [3.63, 3.8) is 0 Å². The normalized spacial score (nSPS) is 20.8. The number of aryl methyl sites for hydroxylation is 1.